The molecule has 1 heterocycles. The highest BCUT2D eigenvalue weighted by Gasteiger charge is 2.15. The second kappa shape index (κ2) is 6.95. The Hall–Kier alpha value is -1.27. The van der Waals surface area contributed by atoms with Gasteiger partial charge in [0.1, 0.15) is 0 Å². The molecule has 0 aromatic heterocycles. The third-order valence-electron chi connectivity index (χ3n) is 2.97. The number of hydrogen-bond donors (Lipinski definition) is 1. The molecule has 110 valence electrons. The molecule has 1 amide bonds. The van der Waals surface area contributed by atoms with E-state index in [9.17, 15) is 4.79 Å². The minimum absolute atomic E-state index is 0.0541. The largest absolute Gasteiger partial charge is 0.490 e. The van der Waals surface area contributed by atoms with Gasteiger partial charge in [0.05, 0.1) is 24.2 Å². The summed E-state index contributed by atoms with van der Waals surface area (Å²) in [6.07, 6.45) is 0.881. The Morgan fingerprint density at radius 1 is 1.35 bits per heavy atom. The number of carbonyl (C=O) groups is 1. The summed E-state index contributed by atoms with van der Waals surface area (Å²) in [5, 5.41) is 3.12. The number of likely N-dealkylation sites (N-methyl/N-ethyl adjacent to an activating group) is 1. The van der Waals surface area contributed by atoms with Crippen LogP contribution >= 0.6 is 15.9 Å². The zero-order chi connectivity index (χ0) is 14.5. The van der Waals surface area contributed by atoms with Crippen molar-refractivity contribution < 1.29 is 14.3 Å². The Labute approximate surface area is 127 Å². The number of amides is 1. The van der Waals surface area contributed by atoms with Crippen molar-refractivity contribution in [2.45, 2.75) is 13.0 Å². The number of hydrogen-bond acceptors (Lipinski definition) is 4. The lowest BCUT2D eigenvalue weighted by atomic mass is 10.2. The number of benzene rings is 1. The van der Waals surface area contributed by atoms with Crippen molar-refractivity contribution >= 4 is 21.8 Å². The third-order valence-corrected chi connectivity index (χ3v) is 3.56. The summed E-state index contributed by atoms with van der Waals surface area (Å²) < 4.78 is 12.2. The van der Waals surface area contributed by atoms with E-state index >= 15 is 0 Å². The van der Waals surface area contributed by atoms with Crippen molar-refractivity contribution in [1.82, 2.24) is 10.2 Å². The Bertz CT molecular complexity index is 492. The number of fused-ring (bicyclic) bond motifs is 1. The molecule has 1 aliphatic rings. The SMILES string of the molecule is CN(C)C(=O)CNCc1cc(Br)c2c(c1)OCCCO2. The monoisotopic (exact) mass is 342 g/mol. The molecule has 2 rings (SSSR count). The van der Waals surface area contributed by atoms with Crippen molar-refractivity contribution in [3.8, 4) is 11.5 Å². The zero-order valence-corrected chi connectivity index (χ0v) is 13.3. The van der Waals surface area contributed by atoms with Gasteiger partial charge in [-0.05, 0) is 33.6 Å². The lowest BCUT2D eigenvalue weighted by molar-refractivity contribution is -0.127. The Kier molecular flexibility index (Phi) is 5.25. The highest BCUT2D eigenvalue weighted by atomic mass is 79.9. The Morgan fingerprint density at radius 2 is 2.10 bits per heavy atom. The summed E-state index contributed by atoms with van der Waals surface area (Å²) in [5.74, 6) is 1.57. The van der Waals surface area contributed by atoms with Gasteiger partial charge in [0.2, 0.25) is 5.91 Å². The van der Waals surface area contributed by atoms with Gasteiger partial charge in [-0.3, -0.25) is 4.79 Å². The minimum Gasteiger partial charge on any atom is -0.490 e. The molecule has 6 heteroatoms. The second-order valence-corrected chi connectivity index (χ2v) is 5.70. The highest BCUT2D eigenvalue weighted by molar-refractivity contribution is 9.10. The topological polar surface area (TPSA) is 50.8 Å². The second-order valence-electron chi connectivity index (χ2n) is 4.85. The van der Waals surface area contributed by atoms with Crippen molar-refractivity contribution in [3.63, 3.8) is 0 Å². The molecule has 0 saturated carbocycles. The van der Waals surface area contributed by atoms with Gasteiger partial charge in [0.25, 0.3) is 0 Å². The predicted octanol–water partition coefficient (Wildman–Crippen LogP) is 1.79. The molecule has 1 aliphatic heterocycles. The predicted molar refractivity (Wildman–Crippen MR) is 80.1 cm³/mol. The van der Waals surface area contributed by atoms with E-state index in [0.717, 1.165) is 28.0 Å². The van der Waals surface area contributed by atoms with Gasteiger partial charge in [-0.2, -0.15) is 0 Å². The normalized spacial score (nSPS) is 13.8. The maximum absolute atomic E-state index is 11.5. The van der Waals surface area contributed by atoms with Crippen LogP contribution in [0.3, 0.4) is 0 Å². The van der Waals surface area contributed by atoms with Gasteiger partial charge in [-0.25, -0.2) is 0 Å². The van der Waals surface area contributed by atoms with Crippen LogP contribution in [0.25, 0.3) is 0 Å². The Balaban J connectivity index is 2.01. The molecule has 1 N–H and O–H groups in total. The van der Waals surface area contributed by atoms with Crippen molar-refractivity contribution in [2.75, 3.05) is 33.9 Å². The fraction of sp³-hybridized carbons (Fsp3) is 0.500. The smallest absolute Gasteiger partial charge is 0.236 e. The van der Waals surface area contributed by atoms with Crippen LogP contribution in [-0.2, 0) is 11.3 Å². The first-order valence-electron chi connectivity index (χ1n) is 6.57. The maximum atomic E-state index is 11.5. The number of nitrogens with zero attached hydrogens (tertiary/aromatic N) is 1. The van der Waals surface area contributed by atoms with Gasteiger partial charge in [0.15, 0.2) is 11.5 Å². The van der Waals surface area contributed by atoms with Gasteiger partial charge < -0.3 is 19.7 Å². The molecule has 20 heavy (non-hydrogen) atoms. The molecule has 0 fully saturated rings. The van der Waals surface area contributed by atoms with Gasteiger partial charge in [-0.1, -0.05) is 0 Å². The summed E-state index contributed by atoms with van der Waals surface area (Å²) >= 11 is 3.50. The molecule has 0 spiro atoms. The standard InChI is InChI=1S/C14H19BrN2O3/c1-17(2)13(18)9-16-8-10-6-11(15)14-12(7-10)19-4-3-5-20-14/h6-7,16H,3-5,8-9H2,1-2H3. The van der Waals surface area contributed by atoms with Crippen molar-refractivity contribution in [2.24, 2.45) is 0 Å². The third kappa shape index (κ3) is 3.86. The number of rotatable bonds is 4. The Morgan fingerprint density at radius 3 is 2.85 bits per heavy atom. The summed E-state index contributed by atoms with van der Waals surface area (Å²) in [5.41, 5.74) is 1.05. The number of ether oxygens (including phenoxy) is 2. The summed E-state index contributed by atoms with van der Waals surface area (Å²) in [6, 6.07) is 3.94. The van der Waals surface area contributed by atoms with Gasteiger partial charge in [-0.15, -0.1) is 0 Å². The highest BCUT2D eigenvalue weighted by Crippen LogP contribution is 2.38. The van der Waals surface area contributed by atoms with Crippen LogP contribution in [0.4, 0.5) is 0 Å². The van der Waals surface area contributed by atoms with Crippen LogP contribution < -0.4 is 14.8 Å². The van der Waals surface area contributed by atoms with E-state index in [-0.39, 0.29) is 5.91 Å². The quantitative estimate of drug-likeness (QED) is 0.906. The van der Waals surface area contributed by atoms with Crippen molar-refractivity contribution in [1.29, 1.82) is 0 Å². The molecule has 0 saturated heterocycles. The molecule has 0 atom stereocenters. The molecular formula is C14H19BrN2O3. The van der Waals surface area contributed by atoms with E-state index in [1.807, 2.05) is 12.1 Å². The number of halogens is 1. The van der Waals surface area contributed by atoms with E-state index in [0.29, 0.717) is 26.3 Å². The van der Waals surface area contributed by atoms with Crippen LogP contribution in [0, 0.1) is 0 Å². The molecule has 1 aromatic carbocycles. The molecule has 5 nitrogen and oxygen atoms in total. The average Bonchev–Trinajstić information content (AvgIpc) is 2.64. The average molecular weight is 343 g/mol. The molecule has 0 radical (unpaired) electrons. The fourth-order valence-corrected chi connectivity index (χ4v) is 2.46. The van der Waals surface area contributed by atoms with Gasteiger partial charge >= 0.3 is 0 Å². The molecule has 1 aromatic rings. The molecular weight excluding hydrogens is 324 g/mol. The van der Waals surface area contributed by atoms with Crippen LogP contribution in [0.1, 0.15) is 12.0 Å². The number of nitrogens with one attached hydrogen (secondary N) is 1. The fourth-order valence-electron chi connectivity index (χ4n) is 1.86. The maximum Gasteiger partial charge on any atom is 0.236 e. The van der Waals surface area contributed by atoms with Crippen LogP contribution in [0.5, 0.6) is 11.5 Å². The van der Waals surface area contributed by atoms with Crippen molar-refractivity contribution in [3.05, 3.63) is 22.2 Å². The molecule has 0 unspecified atom stereocenters. The van der Waals surface area contributed by atoms with E-state index in [1.165, 1.54) is 0 Å². The van der Waals surface area contributed by atoms with E-state index in [1.54, 1.807) is 19.0 Å². The van der Waals surface area contributed by atoms with Crippen LogP contribution in [-0.4, -0.2) is 44.7 Å². The summed E-state index contributed by atoms with van der Waals surface area (Å²) in [6.45, 7) is 2.25. The summed E-state index contributed by atoms with van der Waals surface area (Å²) in [7, 11) is 3.49. The van der Waals surface area contributed by atoms with Crippen LogP contribution in [0.15, 0.2) is 16.6 Å². The first kappa shape index (κ1) is 15.1. The van der Waals surface area contributed by atoms with E-state index in [2.05, 4.69) is 21.2 Å². The first-order chi connectivity index (χ1) is 9.58. The van der Waals surface area contributed by atoms with Crippen LogP contribution in [0.2, 0.25) is 0 Å². The van der Waals surface area contributed by atoms with E-state index < -0.39 is 0 Å². The first-order valence-corrected chi connectivity index (χ1v) is 7.36. The lowest BCUT2D eigenvalue weighted by Crippen LogP contribution is -2.32. The van der Waals surface area contributed by atoms with Gasteiger partial charge in [0, 0.05) is 27.1 Å². The number of carbonyl (C=O) groups excluding carboxylic acids is 1. The molecule has 0 aliphatic carbocycles. The minimum atomic E-state index is 0.0541. The zero-order valence-electron chi connectivity index (χ0n) is 11.7. The van der Waals surface area contributed by atoms with E-state index in [4.69, 9.17) is 9.47 Å². The summed E-state index contributed by atoms with van der Waals surface area (Å²) in [4.78, 5) is 13.1. The molecule has 0 bridgehead atoms. The lowest BCUT2D eigenvalue weighted by Gasteiger charge is -2.13.